The normalized spacial score (nSPS) is 26.9. The van der Waals surface area contributed by atoms with Crippen molar-refractivity contribution < 1.29 is 36.4 Å². The first-order chi connectivity index (χ1) is 5.24. The molecule has 3 nitrogen and oxygen atoms in total. The SMILES string of the molecule is O=S1(=O)OC(F)=C1S(F)(F)(F)(F)F. The second-order valence-corrected chi connectivity index (χ2v) is 6.16. The van der Waals surface area contributed by atoms with Gasteiger partial charge in [0.1, 0.15) is 0 Å². The lowest BCUT2D eigenvalue weighted by Crippen LogP contribution is -2.28. The molecule has 0 spiro atoms. The van der Waals surface area contributed by atoms with Gasteiger partial charge in [0.15, 0.2) is 0 Å². The van der Waals surface area contributed by atoms with Crippen molar-refractivity contribution in [3.63, 3.8) is 0 Å². The average Bonchev–Trinajstić information content (AvgIpc) is 1.48. The highest BCUT2D eigenvalue weighted by Gasteiger charge is 2.78. The maximum Gasteiger partial charge on any atom is 0.362 e. The van der Waals surface area contributed by atoms with Gasteiger partial charge in [-0.3, -0.25) is 0 Å². The van der Waals surface area contributed by atoms with Crippen LogP contribution < -0.4 is 0 Å². The zero-order chi connectivity index (χ0) is 10.8. The summed E-state index contributed by atoms with van der Waals surface area (Å²) in [5.74, 6) is 0. The monoisotopic (exact) mass is 250 g/mol. The van der Waals surface area contributed by atoms with Crippen molar-refractivity contribution in [3.8, 4) is 0 Å². The Balaban J connectivity index is 3.54. The Morgan fingerprint density at radius 1 is 1.08 bits per heavy atom. The molecule has 0 atom stereocenters. The summed E-state index contributed by atoms with van der Waals surface area (Å²) in [5, 5.41) is 0. The molecular weight excluding hydrogens is 250 g/mol. The Labute approximate surface area is 67.8 Å². The van der Waals surface area contributed by atoms with Gasteiger partial charge in [0, 0.05) is 0 Å². The molecule has 1 rings (SSSR count). The molecule has 0 aromatic rings. The third kappa shape index (κ3) is 1.70. The molecule has 13 heavy (non-hydrogen) atoms. The second-order valence-electron chi connectivity index (χ2n) is 2.07. The number of hydrogen-bond donors (Lipinski definition) is 0. The van der Waals surface area contributed by atoms with E-state index in [1.165, 1.54) is 0 Å². The van der Waals surface area contributed by atoms with Crippen molar-refractivity contribution in [3.05, 3.63) is 10.3 Å². The van der Waals surface area contributed by atoms with Gasteiger partial charge >= 0.3 is 30.6 Å². The van der Waals surface area contributed by atoms with E-state index in [-0.39, 0.29) is 0 Å². The summed E-state index contributed by atoms with van der Waals surface area (Å²) in [7, 11) is -16.1. The minimum absolute atomic E-state index is 2.81. The fourth-order valence-electron chi connectivity index (χ4n) is 0.577. The van der Waals surface area contributed by atoms with Gasteiger partial charge in [-0.05, 0) is 0 Å². The smallest absolute Gasteiger partial charge is 0.345 e. The van der Waals surface area contributed by atoms with Crippen LogP contribution in [-0.2, 0) is 14.3 Å². The third-order valence-corrected chi connectivity index (χ3v) is 4.32. The van der Waals surface area contributed by atoms with E-state index in [0.29, 0.717) is 0 Å². The minimum Gasteiger partial charge on any atom is -0.345 e. The molecular formula is C2F6O3S2. The molecule has 0 aliphatic carbocycles. The molecule has 0 N–H and O–H groups in total. The predicted octanol–water partition coefficient (Wildman–Crippen LogP) is 2.74. The van der Waals surface area contributed by atoms with Crippen LogP contribution in [-0.4, -0.2) is 8.42 Å². The zero-order valence-electron chi connectivity index (χ0n) is 5.31. The molecule has 0 aromatic heterocycles. The second kappa shape index (κ2) is 1.65. The van der Waals surface area contributed by atoms with E-state index < -0.39 is 30.6 Å². The summed E-state index contributed by atoms with van der Waals surface area (Å²) >= 11 is 0. The average molecular weight is 250 g/mol. The summed E-state index contributed by atoms with van der Waals surface area (Å²) in [6, 6.07) is -2.82. The molecule has 1 heterocycles. The maximum atomic E-state index is 11.8. The minimum atomic E-state index is -10.5. The molecule has 0 radical (unpaired) electrons. The van der Waals surface area contributed by atoms with Gasteiger partial charge in [0.05, 0.1) is 0 Å². The molecule has 80 valence electrons. The van der Waals surface area contributed by atoms with Crippen LogP contribution in [0.25, 0.3) is 0 Å². The van der Waals surface area contributed by atoms with Gasteiger partial charge < -0.3 is 4.18 Å². The molecule has 1 aliphatic heterocycles. The Morgan fingerprint density at radius 3 is 1.54 bits per heavy atom. The summed E-state index contributed by atoms with van der Waals surface area (Å²) in [6.07, 6.45) is 0. The topological polar surface area (TPSA) is 43.4 Å². The molecule has 0 fully saturated rings. The van der Waals surface area contributed by atoms with Crippen molar-refractivity contribution in [2.24, 2.45) is 0 Å². The first kappa shape index (κ1) is 10.5. The summed E-state index contributed by atoms with van der Waals surface area (Å²) in [4.78, 5) is 0. The predicted molar refractivity (Wildman–Crippen MR) is 31.3 cm³/mol. The highest BCUT2D eigenvalue weighted by Crippen LogP contribution is 3.04. The summed E-state index contributed by atoms with van der Waals surface area (Å²) in [6.45, 7) is 0. The van der Waals surface area contributed by atoms with Gasteiger partial charge in [0.25, 0.3) is 0 Å². The first-order valence-electron chi connectivity index (χ1n) is 2.32. The lowest BCUT2D eigenvalue weighted by atomic mass is 11.1. The standard InChI is InChI=1S/C2F6O3S2/c3-1-2(12(9,10)11-1)13(4,5,6,7)8. The maximum absolute atomic E-state index is 11.8. The Bertz CT molecular complexity index is 398. The lowest BCUT2D eigenvalue weighted by Gasteiger charge is -2.42. The molecule has 0 aromatic carbocycles. The van der Waals surface area contributed by atoms with Crippen molar-refractivity contribution in [1.29, 1.82) is 0 Å². The van der Waals surface area contributed by atoms with Gasteiger partial charge in [-0.2, -0.15) is 12.8 Å². The summed E-state index contributed by atoms with van der Waals surface area (Å²) < 4.78 is 89.3. The highest BCUT2D eigenvalue weighted by molar-refractivity contribution is 8.53. The van der Waals surface area contributed by atoms with Gasteiger partial charge in [-0.15, -0.1) is 0 Å². The molecule has 0 saturated carbocycles. The van der Waals surface area contributed by atoms with Crippen LogP contribution in [0.4, 0.5) is 23.8 Å². The Kier molecular flexibility index (Phi) is 1.33. The van der Waals surface area contributed by atoms with E-state index in [9.17, 15) is 32.2 Å². The molecule has 0 bridgehead atoms. The largest absolute Gasteiger partial charge is 0.362 e. The van der Waals surface area contributed by atoms with Crippen LogP contribution in [0.15, 0.2) is 10.3 Å². The van der Waals surface area contributed by atoms with Gasteiger partial charge in [0.2, 0.25) is 0 Å². The van der Waals surface area contributed by atoms with E-state index in [1.807, 2.05) is 0 Å². The number of rotatable bonds is 1. The van der Waals surface area contributed by atoms with Gasteiger partial charge in [-0.1, -0.05) is 19.4 Å². The van der Waals surface area contributed by atoms with E-state index in [1.54, 1.807) is 0 Å². The summed E-state index contributed by atoms with van der Waals surface area (Å²) in [5.41, 5.74) is 0. The fraction of sp³-hybridized carbons (Fsp3) is 0. The van der Waals surface area contributed by atoms with Crippen LogP contribution in [0.1, 0.15) is 0 Å². The third-order valence-electron chi connectivity index (χ3n) is 0.921. The van der Waals surface area contributed by atoms with E-state index >= 15 is 0 Å². The van der Waals surface area contributed by atoms with E-state index in [0.717, 1.165) is 0 Å². The van der Waals surface area contributed by atoms with Crippen molar-refractivity contribution in [1.82, 2.24) is 0 Å². The molecule has 0 amide bonds. The number of halogens is 6. The fourth-order valence-corrected chi connectivity index (χ4v) is 3.09. The molecule has 11 heteroatoms. The zero-order valence-corrected chi connectivity index (χ0v) is 6.94. The van der Waals surface area contributed by atoms with Crippen molar-refractivity contribution >= 4 is 20.3 Å². The van der Waals surface area contributed by atoms with Crippen molar-refractivity contribution in [2.45, 2.75) is 0 Å². The van der Waals surface area contributed by atoms with Crippen molar-refractivity contribution in [2.75, 3.05) is 0 Å². The molecule has 0 saturated heterocycles. The van der Waals surface area contributed by atoms with Crippen LogP contribution in [0, 0.1) is 0 Å². The van der Waals surface area contributed by atoms with E-state index in [2.05, 4.69) is 4.18 Å². The Morgan fingerprint density at radius 2 is 1.46 bits per heavy atom. The number of hydrogen-bond acceptors (Lipinski definition) is 3. The molecule has 0 unspecified atom stereocenters. The van der Waals surface area contributed by atoms with Crippen LogP contribution >= 0.6 is 10.2 Å². The van der Waals surface area contributed by atoms with Crippen LogP contribution in [0.2, 0.25) is 0 Å². The van der Waals surface area contributed by atoms with Gasteiger partial charge in [-0.25, -0.2) is 0 Å². The molecule has 1 aliphatic rings. The quantitative estimate of drug-likeness (QED) is 0.530. The lowest BCUT2D eigenvalue weighted by molar-refractivity contribution is 0.270. The van der Waals surface area contributed by atoms with Crippen LogP contribution in [0.5, 0.6) is 0 Å². The van der Waals surface area contributed by atoms with Crippen LogP contribution in [0.3, 0.4) is 0 Å². The Hall–Kier alpha value is -0.580. The first-order valence-corrected chi connectivity index (χ1v) is 5.68. The highest BCUT2D eigenvalue weighted by atomic mass is 32.5. The van der Waals surface area contributed by atoms with E-state index in [4.69, 9.17) is 0 Å².